The van der Waals surface area contributed by atoms with Gasteiger partial charge in [-0.3, -0.25) is 4.79 Å². The minimum absolute atomic E-state index is 0.116. The first-order chi connectivity index (χ1) is 14.3. The average molecular weight is 415 g/mol. The standard InChI is InChI=1S/C24H34N2O4/c1-6-18-13-22(27)30-21-12-15(2)11-20(23(18)21)29-16(3)24(28)25-14-17-7-9-19(10-8-17)26(4)5/h11-13,16-17,19H,6-10,14H2,1-5H3,(H,25,28). The second-order valence-electron chi connectivity index (χ2n) is 8.72. The zero-order chi connectivity index (χ0) is 21.8. The third kappa shape index (κ3) is 5.22. The number of hydrogen-bond donors (Lipinski definition) is 1. The van der Waals surface area contributed by atoms with Gasteiger partial charge in [0, 0.05) is 18.7 Å². The van der Waals surface area contributed by atoms with Crippen LogP contribution in [0.3, 0.4) is 0 Å². The predicted molar refractivity (Wildman–Crippen MR) is 119 cm³/mol. The third-order valence-corrected chi connectivity index (χ3v) is 6.20. The van der Waals surface area contributed by atoms with Crippen LogP contribution in [0.4, 0.5) is 0 Å². The van der Waals surface area contributed by atoms with Gasteiger partial charge in [0.1, 0.15) is 11.3 Å². The van der Waals surface area contributed by atoms with Crippen molar-refractivity contribution in [2.75, 3.05) is 20.6 Å². The zero-order valence-corrected chi connectivity index (χ0v) is 18.8. The molecule has 1 saturated carbocycles. The molecule has 1 aromatic heterocycles. The van der Waals surface area contributed by atoms with E-state index in [1.807, 2.05) is 26.0 Å². The Morgan fingerprint density at radius 1 is 1.23 bits per heavy atom. The van der Waals surface area contributed by atoms with Crippen LogP contribution < -0.4 is 15.7 Å². The van der Waals surface area contributed by atoms with Gasteiger partial charge in [-0.15, -0.1) is 0 Å². The number of ether oxygens (including phenoxy) is 1. The van der Waals surface area contributed by atoms with E-state index in [0.29, 0.717) is 36.3 Å². The lowest BCUT2D eigenvalue weighted by Crippen LogP contribution is -2.41. The van der Waals surface area contributed by atoms with Gasteiger partial charge < -0.3 is 19.4 Å². The molecule has 1 unspecified atom stereocenters. The number of amides is 1. The molecule has 30 heavy (non-hydrogen) atoms. The first-order valence-corrected chi connectivity index (χ1v) is 11.0. The molecule has 0 spiro atoms. The second-order valence-corrected chi connectivity index (χ2v) is 8.72. The van der Waals surface area contributed by atoms with Gasteiger partial charge in [-0.05, 0) is 89.2 Å². The highest BCUT2D eigenvalue weighted by molar-refractivity contribution is 5.88. The maximum absolute atomic E-state index is 12.7. The molecule has 1 heterocycles. The van der Waals surface area contributed by atoms with Crippen LogP contribution in [0.25, 0.3) is 11.0 Å². The molecule has 0 aliphatic heterocycles. The van der Waals surface area contributed by atoms with Crippen LogP contribution in [0.5, 0.6) is 5.75 Å². The van der Waals surface area contributed by atoms with Gasteiger partial charge in [0.15, 0.2) is 6.10 Å². The van der Waals surface area contributed by atoms with Crippen molar-refractivity contribution < 1.29 is 13.9 Å². The van der Waals surface area contributed by atoms with Crippen LogP contribution in [-0.4, -0.2) is 43.6 Å². The van der Waals surface area contributed by atoms with E-state index in [-0.39, 0.29) is 11.5 Å². The molecule has 3 rings (SSSR count). The Bertz CT molecular complexity index is 942. The highest BCUT2D eigenvalue weighted by Crippen LogP contribution is 2.31. The summed E-state index contributed by atoms with van der Waals surface area (Å²) in [6.07, 6.45) is 4.68. The van der Waals surface area contributed by atoms with Crippen LogP contribution in [0, 0.1) is 12.8 Å². The largest absolute Gasteiger partial charge is 0.480 e. The maximum atomic E-state index is 12.7. The van der Waals surface area contributed by atoms with Crippen LogP contribution in [-0.2, 0) is 11.2 Å². The molecule has 2 aromatic rings. The fourth-order valence-corrected chi connectivity index (χ4v) is 4.34. The summed E-state index contributed by atoms with van der Waals surface area (Å²) in [5.74, 6) is 0.993. The number of carbonyl (C=O) groups is 1. The summed E-state index contributed by atoms with van der Waals surface area (Å²) < 4.78 is 11.4. The molecule has 1 aromatic carbocycles. The number of nitrogens with one attached hydrogen (secondary N) is 1. The van der Waals surface area contributed by atoms with E-state index >= 15 is 0 Å². The molecule has 1 amide bonds. The fraction of sp³-hybridized carbons (Fsp3) is 0.583. The number of aryl methyl sites for hydroxylation is 2. The van der Waals surface area contributed by atoms with Crippen molar-refractivity contribution in [2.45, 2.75) is 65.0 Å². The van der Waals surface area contributed by atoms with E-state index in [1.165, 1.54) is 18.9 Å². The van der Waals surface area contributed by atoms with Gasteiger partial charge in [0.2, 0.25) is 0 Å². The Hall–Kier alpha value is -2.34. The van der Waals surface area contributed by atoms with Crippen molar-refractivity contribution in [3.05, 3.63) is 39.7 Å². The van der Waals surface area contributed by atoms with E-state index in [1.54, 1.807) is 6.92 Å². The molecular formula is C24H34N2O4. The fourth-order valence-electron chi connectivity index (χ4n) is 4.34. The summed E-state index contributed by atoms with van der Waals surface area (Å²) in [5, 5.41) is 3.83. The van der Waals surface area contributed by atoms with Crippen molar-refractivity contribution in [1.29, 1.82) is 0 Å². The lowest BCUT2D eigenvalue weighted by molar-refractivity contribution is -0.127. The third-order valence-electron chi connectivity index (χ3n) is 6.20. The van der Waals surface area contributed by atoms with Gasteiger partial charge in [-0.2, -0.15) is 0 Å². The minimum Gasteiger partial charge on any atom is -0.480 e. The summed E-state index contributed by atoms with van der Waals surface area (Å²) in [7, 11) is 4.27. The average Bonchev–Trinajstić information content (AvgIpc) is 2.70. The lowest BCUT2D eigenvalue weighted by atomic mass is 9.85. The van der Waals surface area contributed by atoms with Crippen LogP contribution in [0.1, 0.15) is 50.7 Å². The summed E-state index contributed by atoms with van der Waals surface area (Å²) >= 11 is 0. The van der Waals surface area contributed by atoms with E-state index in [0.717, 1.165) is 29.4 Å². The Labute approximate surface area is 178 Å². The van der Waals surface area contributed by atoms with E-state index in [4.69, 9.17) is 9.15 Å². The van der Waals surface area contributed by atoms with E-state index in [9.17, 15) is 9.59 Å². The number of nitrogens with zero attached hydrogens (tertiary/aromatic N) is 1. The quantitative estimate of drug-likeness (QED) is 0.700. The Morgan fingerprint density at radius 3 is 2.57 bits per heavy atom. The number of hydrogen-bond acceptors (Lipinski definition) is 5. The number of carbonyl (C=O) groups excluding carboxylic acids is 1. The second kappa shape index (κ2) is 9.65. The number of benzene rings is 1. The van der Waals surface area contributed by atoms with E-state index in [2.05, 4.69) is 24.3 Å². The Balaban J connectivity index is 1.66. The first kappa shape index (κ1) is 22.3. The van der Waals surface area contributed by atoms with Gasteiger partial charge >= 0.3 is 5.63 Å². The number of fused-ring (bicyclic) bond motifs is 1. The highest BCUT2D eigenvalue weighted by Gasteiger charge is 2.24. The molecule has 6 heteroatoms. The van der Waals surface area contributed by atoms with E-state index < -0.39 is 6.10 Å². The Kier molecular flexibility index (Phi) is 7.19. The predicted octanol–water partition coefficient (Wildman–Crippen LogP) is 3.67. The molecule has 1 N–H and O–H groups in total. The van der Waals surface area contributed by atoms with Gasteiger partial charge in [0.05, 0.1) is 5.39 Å². The smallest absolute Gasteiger partial charge is 0.336 e. The summed E-state index contributed by atoms with van der Waals surface area (Å²) in [6.45, 7) is 6.35. The molecule has 6 nitrogen and oxygen atoms in total. The molecule has 1 fully saturated rings. The molecule has 164 valence electrons. The van der Waals surface area contributed by atoms with Crippen molar-refractivity contribution in [3.8, 4) is 5.75 Å². The molecule has 1 atom stereocenters. The van der Waals surface area contributed by atoms with Crippen LogP contribution in [0.2, 0.25) is 0 Å². The first-order valence-electron chi connectivity index (χ1n) is 11.0. The molecule has 0 saturated heterocycles. The SMILES string of the molecule is CCc1cc(=O)oc2cc(C)cc(OC(C)C(=O)NCC3CCC(N(C)C)CC3)c12. The van der Waals surface area contributed by atoms with Gasteiger partial charge in [0.25, 0.3) is 5.91 Å². The molecule has 0 radical (unpaired) electrons. The normalized spacial score (nSPS) is 20.3. The molecule has 0 bridgehead atoms. The summed E-state index contributed by atoms with van der Waals surface area (Å²) in [4.78, 5) is 26.8. The monoisotopic (exact) mass is 414 g/mol. The van der Waals surface area contributed by atoms with Crippen LogP contribution in [0.15, 0.2) is 27.4 Å². The van der Waals surface area contributed by atoms with Crippen molar-refractivity contribution in [3.63, 3.8) is 0 Å². The van der Waals surface area contributed by atoms with Gasteiger partial charge in [-0.1, -0.05) is 6.92 Å². The summed E-state index contributed by atoms with van der Waals surface area (Å²) in [6, 6.07) is 5.88. The Morgan fingerprint density at radius 2 is 1.93 bits per heavy atom. The highest BCUT2D eigenvalue weighted by atomic mass is 16.5. The molecule has 1 aliphatic rings. The summed E-state index contributed by atoms with van der Waals surface area (Å²) in [5.41, 5.74) is 1.91. The van der Waals surface area contributed by atoms with Crippen molar-refractivity contribution >= 4 is 16.9 Å². The number of rotatable bonds is 7. The van der Waals surface area contributed by atoms with Gasteiger partial charge in [-0.25, -0.2) is 4.79 Å². The maximum Gasteiger partial charge on any atom is 0.336 e. The van der Waals surface area contributed by atoms with Crippen molar-refractivity contribution in [1.82, 2.24) is 10.2 Å². The lowest BCUT2D eigenvalue weighted by Gasteiger charge is -2.32. The van der Waals surface area contributed by atoms with Crippen molar-refractivity contribution in [2.24, 2.45) is 5.92 Å². The van der Waals surface area contributed by atoms with Crippen LogP contribution >= 0.6 is 0 Å². The molecular weight excluding hydrogens is 380 g/mol. The molecule has 1 aliphatic carbocycles. The minimum atomic E-state index is -0.634. The topological polar surface area (TPSA) is 71.8 Å². The zero-order valence-electron chi connectivity index (χ0n) is 18.8.